The van der Waals surface area contributed by atoms with E-state index in [-0.39, 0.29) is 28.8 Å². The number of nitrogens with one attached hydrogen (secondary N) is 1. The molecule has 3 N–H and O–H groups in total. The van der Waals surface area contributed by atoms with Crippen LogP contribution in [0.25, 0.3) is 22.6 Å². The van der Waals surface area contributed by atoms with Crippen molar-refractivity contribution in [1.29, 1.82) is 0 Å². The molecule has 7 nitrogen and oxygen atoms in total. The predicted octanol–water partition coefficient (Wildman–Crippen LogP) is 5.50. The molecule has 1 saturated carbocycles. The number of alkyl halides is 2. The molecule has 1 fully saturated rings. The zero-order valence-corrected chi connectivity index (χ0v) is 20.2. The largest absolute Gasteiger partial charge is 0.366 e. The molecule has 1 aromatic carbocycles. The predicted molar refractivity (Wildman–Crippen MR) is 133 cm³/mol. The molecule has 184 valence electrons. The van der Waals surface area contributed by atoms with Crippen molar-refractivity contribution in [3.63, 3.8) is 0 Å². The Bertz CT molecular complexity index is 1320. The van der Waals surface area contributed by atoms with Gasteiger partial charge in [0.1, 0.15) is 11.5 Å². The lowest BCUT2D eigenvalue weighted by Crippen LogP contribution is -2.42. The molecule has 2 unspecified atom stereocenters. The summed E-state index contributed by atoms with van der Waals surface area (Å²) in [6.45, 7) is 6.39. The minimum Gasteiger partial charge on any atom is -0.366 e. The first-order valence-electron chi connectivity index (χ1n) is 12.1. The molecule has 3 aromatic heterocycles. The van der Waals surface area contributed by atoms with Gasteiger partial charge < -0.3 is 11.1 Å². The van der Waals surface area contributed by atoms with Gasteiger partial charge in [-0.2, -0.15) is 10.2 Å². The molecule has 1 aliphatic rings. The monoisotopic (exact) mass is 479 g/mol. The van der Waals surface area contributed by atoms with Gasteiger partial charge in [-0.05, 0) is 42.0 Å². The molecule has 5 rings (SSSR count). The molecular weight excluding hydrogens is 448 g/mol. The van der Waals surface area contributed by atoms with Gasteiger partial charge in [-0.25, -0.2) is 23.0 Å². The fraction of sp³-hybridized carbons (Fsp3) is 0.423. The summed E-state index contributed by atoms with van der Waals surface area (Å²) in [5, 5.41) is 12.1. The average Bonchev–Trinajstić information content (AvgIpc) is 3.44. The van der Waals surface area contributed by atoms with Crippen molar-refractivity contribution in [2.45, 2.75) is 70.4 Å². The Kier molecular flexibility index (Phi) is 6.04. The fourth-order valence-electron chi connectivity index (χ4n) is 4.61. The van der Waals surface area contributed by atoms with Crippen molar-refractivity contribution in [2.75, 3.05) is 5.32 Å². The summed E-state index contributed by atoms with van der Waals surface area (Å²) in [5.74, 6) is 0.704. The maximum Gasteiger partial charge on any atom is 0.282 e. The molecule has 0 amide bonds. The number of hydrogen-bond donors (Lipinski definition) is 2. The van der Waals surface area contributed by atoms with Crippen LogP contribution in [0.4, 0.5) is 14.6 Å². The number of fused-ring (bicyclic) bond motifs is 1. The summed E-state index contributed by atoms with van der Waals surface area (Å²) < 4.78 is 30.9. The van der Waals surface area contributed by atoms with Crippen LogP contribution in [0.5, 0.6) is 0 Å². The first-order valence-corrected chi connectivity index (χ1v) is 12.1. The normalized spacial score (nSPS) is 18.9. The van der Waals surface area contributed by atoms with Gasteiger partial charge in [-0.15, -0.1) is 0 Å². The molecule has 0 radical (unpaired) electrons. The topological polar surface area (TPSA) is 86.1 Å². The van der Waals surface area contributed by atoms with E-state index in [1.54, 1.807) is 23.0 Å². The summed E-state index contributed by atoms with van der Waals surface area (Å²) in [6.07, 6.45) is 4.95. The van der Waals surface area contributed by atoms with Crippen molar-refractivity contribution < 1.29 is 8.78 Å². The molecule has 1 aliphatic carbocycles. The maximum atomic E-state index is 13.9. The van der Waals surface area contributed by atoms with Gasteiger partial charge in [0, 0.05) is 36.1 Å². The average molecular weight is 480 g/mol. The van der Waals surface area contributed by atoms with Crippen LogP contribution in [0.3, 0.4) is 0 Å². The van der Waals surface area contributed by atoms with Gasteiger partial charge in [0.2, 0.25) is 0 Å². The Hall–Kier alpha value is -3.33. The number of aromatic nitrogens is 5. The Morgan fingerprint density at radius 1 is 1.06 bits per heavy atom. The van der Waals surface area contributed by atoms with E-state index in [2.05, 4.69) is 41.3 Å². The number of nitrogens with zero attached hydrogens (tertiary/aromatic N) is 5. The van der Waals surface area contributed by atoms with Crippen molar-refractivity contribution in [3.05, 3.63) is 60.0 Å². The molecule has 0 aliphatic heterocycles. The van der Waals surface area contributed by atoms with Crippen molar-refractivity contribution >= 4 is 11.5 Å². The standard InChI is InChI=1S/C26H31F2N7/c1-26(2,3)16-8-10-17(11-9-16)35-15-18(24(33-35)25(27)28)21-14-23-31-22(12-13-34(23)32-21)30-20-7-5-4-6-19(20)29/h8-15,19-20,25H,4-7,29H2,1-3H3,(H,30,31). The molecule has 3 heterocycles. The van der Waals surface area contributed by atoms with Crippen LogP contribution >= 0.6 is 0 Å². The Morgan fingerprint density at radius 3 is 2.49 bits per heavy atom. The van der Waals surface area contributed by atoms with E-state index in [9.17, 15) is 8.78 Å². The van der Waals surface area contributed by atoms with Crippen LogP contribution in [0, 0.1) is 0 Å². The highest BCUT2D eigenvalue weighted by Gasteiger charge is 2.24. The summed E-state index contributed by atoms with van der Waals surface area (Å²) in [7, 11) is 0. The van der Waals surface area contributed by atoms with E-state index in [4.69, 9.17) is 5.73 Å². The van der Waals surface area contributed by atoms with Gasteiger partial charge in [-0.3, -0.25) is 0 Å². The quantitative estimate of drug-likeness (QED) is 0.395. The third kappa shape index (κ3) is 4.77. The zero-order valence-electron chi connectivity index (χ0n) is 20.2. The maximum absolute atomic E-state index is 13.9. The van der Waals surface area contributed by atoms with Gasteiger partial charge >= 0.3 is 0 Å². The molecule has 0 spiro atoms. The minimum absolute atomic E-state index is 0.00123. The van der Waals surface area contributed by atoms with Crippen LogP contribution < -0.4 is 11.1 Å². The highest BCUT2D eigenvalue weighted by molar-refractivity contribution is 5.67. The van der Waals surface area contributed by atoms with E-state index in [0.29, 0.717) is 22.8 Å². The summed E-state index contributed by atoms with van der Waals surface area (Å²) in [6, 6.07) is 11.6. The first kappa shape index (κ1) is 23.4. The minimum atomic E-state index is -2.73. The van der Waals surface area contributed by atoms with Gasteiger partial charge in [0.25, 0.3) is 6.43 Å². The number of hydrogen-bond acceptors (Lipinski definition) is 5. The lowest BCUT2D eigenvalue weighted by atomic mass is 9.87. The fourth-order valence-corrected chi connectivity index (χ4v) is 4.61. The zero-order chi connectivity index (χ0) is 24.7. The van der Waals surface area contributed by atoms with Gasteiger partial charge in [-0.1, -0.05) is 45.7 Å². The summed E-state index contributed by atoms with van der Waals surface area (Å²) in [5.41, 5.74) is 9.08. The Balaban J connectivity index is 1.46. The van der Waals surface area contributed by atoms with Crippen LogP contribution in [-0.4, -0.2) is 36.5 Å². The number of nitrogens with two attached hydrogens (primary N) is 1. The summed E-state index contributed by atoms with van der Waals surface area (Å²) in [4.78, 5) is 4.64. The van der Waals surface area contributed by atoms with E-state index in [1.807, 2.05) is 30.3 Å². The number of rotatable bonds is 5. The van der Waals surface area contributed by atoms with Gasteiger partial charge in [0.15, 0.2) is 5.65 Å². The highest BCUT2D eigenvalue weighted by atomic mass is 19.3. The molecular formula is C26H31F2N7. The smallest absolute Gasteiger partial charge is 0.282 e. The lowest BCUT2D eigenvalue weighted by molar-refractivity contribution is 0.146. The van der Waals surface area contributed by atoms with Crippen LogP contribution in [0.15, 0.2) is 48.8 Å². The second kappa shape index (κ2) is 9.03. The number of anilines is 1. The molecule has 0 bridgehead atoms. The van der Waals surface area contributed by atoms with Crippen molar-refractivity contribution in [2.24, 2.45) is 5.73 Å². The second-order valence-electron chi connectivity index (χ2n) is 10.3. The van der Waals surface area contributed by atoms with Crippen LogP contribution in [0.2, 0.25) is 0 Å². The first-order chi connectivity index (χ1) is 16.7. The number of halogens is 2. The highest BCUT2D eigenvalue weighted by Crippen LogP contribution is 2.32. The van der Waals surface area contributed by atoms with E-state index in [0.717, 1.165) is 31.2 Å². The van der Waals surface area contributed by atoms with Crippen molar-refractivity contribution in [1.82, 2.24) is 24.4 Å². The third-order valence-corrected chi connectivity index (χ3v) is 6.70. The molecule has 4 aromatic rings. The van der Waals surface area contributed by atoms with Crippen LogP contribution in [0.1, 0.15) is 64.1 Å². The molecule has 2 atom stereocenters. The van der Waals surface area contributed by atoms with Gasteiger partial charge in [0.05, 0.1) is 11.4 Å². The van der Waals surface area contributed by atoms with E-state index < -0.39 is 6.43 Å². The van der Waals surface area contributed by atoms with Crippen LogP contribution in [-0.2, 0) is 5.41 Å². The lowest BCUT2D eigenvalue weighted by Gasteiger charge is -2.29. The molecule has 0 saturated heterocycles. The Labute approximate surface area is 203 Å². The number of benzene rings is 1. The Morgan fingerprint density at radius 2 is 1.80 bits per heavy atom. The second-order valence-corrected chi connectivity index (χ2v) is 10.3. The van der Waals surface area contributed by atoms with E-state index >= 15 is 0 Å². The van der Waals surface area contributed by atoms with Crippen molar-refractivity contribution in [3.8, 4) is 16.9 Å². The SMILES string of the molecule is CC(C)(C)c1ccc(-n2cc(-c3cc4nc(NC5CCCCC5N)ccn4n3)c(C(F)F)n2)cc1. The summed E-state index contributed by atoms with van der Waals surface area (Å²) >= 11 is 0. The third-order valence-electron chi connectivity index (χ3n) is 6.70. The van der Waals surface area contributed by atoms with E-state index in [1.165, 1.54) is 4.68 Å². The molecule has 35 heavy (non-hydrogen) atoms. The molecule has 9 heteroatoms.